The summed E-state index contributed by atoms with van der Waals surface area (Å²) in [7, 11) is 0. The van der Waals surface area contributed by atoms with Gasteiger partial charge in [-0.05, 0) is 39.5 Å². The number of halogens is 4. The number of hydrogen-bond acceptors (Lipinski definition) is 1. The lowest BCUT2D eigenvalue weighted by molar-refractivity contribution is -0.137. The van der Waals surface area contributed by atoms with Crippen LogP contribution in [0.1, 0.15) is 32.8 Å². The molecule has 0 aliphatic heterocycles. The van der Waals surface area contributed by atoms with Crippen LogP contribution in [-0.2, 0) is 11.0 Å². The van der Waals surface area contributed by atoms with E-state index in [9.17, 15) is 18.0 Å². The van der Waals surface area contributed by atoms with E-state index in [0.717, 1.165) is 12.1 Å². The fourth-order valence-electron chi connectivity index (χ4n) is 1.47. The molecule has 1 aromatic carbocycles. The number of rotatable bonds is 2. The van der Waals surface area contributed by atoms with E-state index in [4.69, 9.17) is 0 Å². The molecule has 1 amide bonds. The smallest absolute Gasteiger partial charge is 0.325 e. The van der Waals surface area contributed by atoms with Gasteiger partial charge in [-0.15, -0.1) is 0 Å². The first-order valence-electron chi connectivity index (χ1n) is 5.66. The Balaban J connectivity index is 2.92. The molecule has 0 atom stereocenters. The number of anilines is 1. The molecule has 6 heteroatoms. The van der Waals surface area contributed by atoms with E-state index < -0.39 is 11.7 Å². The Bertz CT molecular complexity index is 478. The maximum Gasteiger partial charge on any atom is 0.416 e. The van der Waals surface area contributed by atoms with Crippen molar-refractivity contribution in [3.63, 3.8) is 0 Å². The lowest BCUT2D eigenvalue weighted by atomic mass is 9.92. The molecule has 1 N–H and O–H groups in total. The third-order valence-corrected chi connectivity index (χ3v) is 2.95. The molecular weight excluding hydrogens is 323 g/mol. The molecule has 0 aliphatic carbocycles. The number of carbonyl (C=O) groups excluding carboxylic acids is 1. The van der Waals surface area contributed by atoms with E-state index >= 15 is 0 Å². The Kier molecular flexibility index (Phi) is 4.66. The molecule has 2 nitrogen and oxygen atoms in total. The zero-order chi connectivity index (χ0) is 14.8. The monoisotopic (exact) mass is 337 g/mol. The van der Waals surface area contributed by atoms with Gasteiger partial charge in [0.05, 0.1) is 11.3 Å². The zero-order valence-corrected chi connectivity index (χ0v) is 12.4. The minimum atomic E-state index is -4.43. The van der Waals surface area contributed by atoms with Gasteiger partial charge in [0.25, 0.3) is 0 Å². The van der Waals surface area contributed by atoms with Gasteiger partial charge in [0.15, 0.2) is 0 Å². The minimum absolute atomic E-state index is 0.129. The standard InChI is InChI=1S/C13H15BrF3NO/c1-12(2,3)7-11(19)18-10-6-8(13(15,16)17)4-5-9(10)14/h4-6H,7H2,1-3H3,(H,18,19). The van der Waals surface area contributed by atoms with Gasteiger partial charge >= 0.3 is 6.18 Å². The summed E-state index contributed by atoms with van der Waals surface area (Å²) in [6, 6.07) is 3.16. The summed E-state index contributed by atoms with van der Waals surface area (Å²) < 4.78 is 38.2. The van der Waals surface area contributed by atoms with Gasteiger partial charge in [-0.1, -0.05) is 20.8 Å². The topological polar surface area (TPSA) is 29.1 Å². The summed E-state index contributed by atoms with van der Waals surface area (Å²) in [6.45, 7) is 5.65. The second-order valence-corrected chi connectivity index (χ2v) is 6.33. The molecule has 0 aromatic heterocycles. The second-order valence-electron chi connectivity index (χ2n) is 5.48. The average Bonchev–Trinajstić information content (AvgIpc) is 2.16. The summed E-state index contributed by atoms with van der Waals surface area (Å²) >= 11 is 3.12. The van der Waals surface area contributed by atoms with E-state index in [1.54, 1.807) is 0 Å². The predicted molar refractivity (Wildman–Crippen MR) is 71.8 cm³/mol. The largest absolute Gasteiger partial charge is 0.416 e. The molecule has 19 heavy (non-hydrogen) atoms. The van der Waals surface area contributed by atoms with Gasteiger partial charge in [0, 0.05) is 10.9 Å². The van der Waals surface area contributed by atoms with Crippen molar-refractivity contribution in [2.24, 2.45) is 5.41 Å². The number of benzene rings is 1. The quantitative estimate of drug-likeness (QED) is 0.821. The van der Waals surface area contributed by atoms with E-state index in [1.165, 1.54) is 6.07 Å². The fourth-order valence-corrected chi connectivity index (χ4v) is 1.82. The van der Waals surface area contributed by atoms with Crippen molar-refractivity contribution in [2.75, 3.05) is 5.32 Å². The molecule has 0 radical (unpaired) electrons. The predicted octanol–water partition coefficient (Wildman–Crippen LogP) is 4.84. The Morgan fingerprint density at radius 2 is 1.84 bits per heavy atom. The Morgan fingerprint density at radius 3 is 2.32 bits per heavy atom. The summed E-state index contributed by atoms with van der Waals surface area (Å²) in [6.07, 6.45) is -4.19. The van der Waals surface area contributed by atoms with E-state index in [1.807, 2.05) is 20.8 Å². The van der Waals surface area contributed by atoms with Crippen molar-refractivity contribution in [2.45, 2.75) is 33.4 Å². The van der Waals surface area contributed by atoms with Gasteiger partial charge in [-0.2, -0.15) is 13.2 Å². The lowest BCUT2D eigenvalue weighted by Crippen LogP contribution is -2.20. The highest BCUT2D eigenvalue weighted by atomic mass is 79.9. The maximum atomic E-state index is 12.6. The summed E-state index contributed by atoms with van der Waals surface area (Å²) in [5.74, 6) is -0.312. The molecule has 0 aliphatic rings. The van der Waals surface area contributed by atoms with Crippen LogP contribution in [0.3, 0.4) is 0 Å². The highest BCUT2D eigenvalue weighted by Crippen LogP contribution is 2.34. The van der Waals surface area contributed by atoms with Crippen LogP contribution in [0.25, 0.3) is 0 Å². The van der Waals surface area contributed by atoms with Gasteiger partial charge < -0.3 is 5.32 Å². The molecule has 0 fully saturated rings. The van der Waals surface area contributed by atoms with Crippen LogP contribution in [0.15, 0.2) is 22.7 Å². The van der Waals surface area contributed by atoms with Gasteiger partial charge in [-0.25, -0.2) is 0 Å². The minimum Gasteiger partial charge on any atom is -0.325 e. The first kappa shape index (κ1) is 16.0. The third kappa shape index (κ3) is 5.22. The molecular formula is C13H15BrF3NO. The highest BCUT2D eigenvalue weighted by Gasteiger charge is 2.31. The number of amides is 1. The Labute approximate surface area is 118 Å². The number of nitrogens with one attached hydrogen (secondary N) is 1. The van der Waals surface area contributed by atoms with Crippen molar-refractivity contribution >= 4 is 27.5 Å². The van der Waals surface area contributed by atoms with Crippen molar-refractivity contribution in [3.05, 3.63) is 28.2 Å². The van der Waals surface area contributed by atoms with E-state index in [-0.39, 0.29) is 23.4 Å². The summed E-state index contributed by atoms with van der Waals surface area (Å²) in [5.41, 5.74) is -0.885. The maximum absolute atomic E-state index is 12.6. The van der Waals surface area contributed by atoms with Crippen LogP contribution in [0.2, 0.25) is 0 Å². The molecule has 0 unspecified atom stereocenters. The van der Waals surface area contributed by atoms with Gasteiger partial charge in [-0.3, -0.25) is 4.79 Å². The second kappa shape index (κ2) is 5.53. The molecule has 0 bridgehead atoms. The van der Waals surface area contributed by atoms with Crippen LogP contribution < -0.4 is 5.32 Å². The summed E-state index contributed by atoms with van der Waals surface area (Å²) in [4.78, 5) is 11.7. The number of carbonyl (C=O) groups is 1. The first-order chi connectivity index (χ1) is 8.49. The summed E-state index contributed by atoms with van der Waals surface area (Å²) in [5, 5.41) is 2.49. The number of alkyl halides is 3. The number of hydrogen-bond donors (Lipinski definition) is 1. The van der Waals surface area contributed by atoms with E-state index in [2.05, 4.69) is 21.2 Å². The SMILES string of the molecule is CC(C)(C)CC(=O)Nc1cc(C(F)(F)F)ccc1Br. The zero-order valence-electron chi connectivity index (χ0n) is 10.9. The molecule has 1 aromatic rings. The molecule has 0 spiro atoms. The lowest BCUT2D eigenvalue weighted by Gasteiger charge is -2.18. The van der Waals surface area contributed by atoms with Crippen LogP contribution >= 0.6 is 15.9 Å². The molecule has 106 valence electrons. The third-order valence-electron chi connectivity index (χ3n) is 2.26. The Hall–Kier alpha value is -1.04. The Morgan fingerprint density at radius 1 is 1.26 bits per heavy atom. The van der Waals surface area contributed by atoms with E-state index in [0.29, 0.717) is 4.47 Å². The van der Waals surface area contributed by atoms with Crippen molar-refractivity contribution in [1.29, 1.82) is 0 Å². The van der Waals surface area contributed by atoms with Gasteiger partial charge in [0.2, 0.25) is 5.91 Å². The molecule has 0 saturated carbocycles. The average molecular weight is 338 g/mol. The van der Waals surface area contributed by atoms with Gasteiger partial charge in [0.1, 0.15) is 0 Å². The normalized spacial score (nSPS) is 12.4. The van der Waals surface area contributed by atoms with Crippen molar-refractivity contribution in [3.8, 4) is 0 Å². The highest BCUT2D eigenvalue weighted by molar-refractivity contribution is 9.10. The van der Waals surface area contributed by atoms with Crippen molar-refractivity contribution in [1.82, 2.24) is 0 Å². The molecule has 0 heterocycles. The molecule has 1 rings (SSSR count). The van der Waals surface area contributed by atoms with Crippen molar-refractivity contribution < 1.29 is 18.0 Å². The first-order valence-corrected chi connectivity index (χ1v) is 6.45. The van der Waals surface area contributed by atoms with Crippen LogP contribution in [0.5, 0.6) is 0 Å². The van der Waals surface area contributed by atoms with Crippen LogP contribution in [-0.4, -0.2) is 5.91 Å². The van der Waals surface area contributed by atoms with Crippen LogP contribution in [0, 0.1) is 5.41 Å². The fraction of sp³-hybridized carbons (Fsp3) is 0.462. The van der Waals surface area contributed by atoms with Crippen LogP contribution in [0.4, 0.5) is 18.9 Å². The molecule has 0 saturated heterocycles.